The predicted octanol–water partition coefficient (Wildman–Crippen LogP) is 4.80. The van der Waals surface area contributed by atoms with Gasteiger partial charge in [-0.3, -0.25) is 10.1 Å². The molecule has 110 valence electrons. The first kappa shape index (κ1) is 15.4. The molecule has 1 atom stereocenters. The Balaban J connectivity index is 2.19. The molecule has 21 heavy (non-hydrogen) atoms. The van der Waals surface area contributed by atoms with Crippen LogP contribution in [0.25, 0.3) is 0 Å². The topological polar surface area (TPSA) is 55.2 Å². The van der Waals surface area contributed by atoms with Gasteiger partial charge in [0, 0.05) is 28.8 Å². The van der Waals surface area contributed by atoms with Crippen LogP contribution < -0.4 is 5.32 Å². The van der Waals surface area contributed by atoms with Crippen LogP contribution in [0.3, 0.4) is 0 Å². The quantitative estimate of drug-likeness (QED) is 0.490. The minimum absolute atomic E-state index is 0.0848. The second-order valence-electron chi connectivity index (χ2n) is 4.90. The number of hydrogen-bond acceptors (Lipinski definition) is 4. The number of rotatable bonds is 5. The van der Waals surface area contributed by atoms with Gasteiger partial charge in [0.25, 0.3) is 5.69 Å². The van der Waals surface area contributed by atoms with Crippen molar-refractivity contribution in [3.63, 3.8) is 0 Å². The van der Waals surface area contributed by atoms with E-state index in [-0.39, 0.29) is 16.7 Å². The molecule has 1 N–H and O–H groups in total. The van der Waals surface area contributed by atoms with Crippen molar-refractivity contribution in [1.29, 1.82) is 0 Å². The number of anilines is 1. The largest absolute Gasteiger partial charge is 0.378 e. The molecule has 2 rings (SSSR count). The lowest BCUT2D eigenvalue weighted by Crippen LogP contribution is -2.08. The summed E-state index contributed by atoms with van der Waals surface area (Å²) >= 11 is 1.71. The Labute approximate surface area is 128 Å². The van der Waals surface area contributed by atoms with Crippen LogP contribution in [0.2, 0.25) is 0 Å². The Kier molecular flexibility index (Phi) is 4.85. The van der Waals surface area contributed by atoms with Crippen LogP contribution in [0.15, 0.2) is 47.4 Å². The average Bonchev–Trinajstić information content (AvgIpc) is 2.49. The molecule has 0 fully saturated rings. The third-order valence-electron chi connectivity index (χ3n) is 3.42. The minimum atomic E-state index is -0.372. The van der Waals surface area contributed by atoms with Crippen molar-refractivity contribution >= 4 is 23.1 Å². The summed E-state index contributed by atoms with van der Waals surface area (Å²) < 4.78 is 0. The van der Waals surface area contributed by atoms with Crippen molar-refractivity contribution in [3.05, 3.63) is 63.7 Å². The molecule has 0 heterocycles. The lowest BCUT2D eigenvalue weighted by Gasteiger charge is -2.17. The normalized spacial score (nSPS) is 12.0. The average molecular weight is 302 g/mol. The summed E-state index contributed by atoms with van der Waals surface area (Å²) in [5, 5.41) is 14.2. The van der Waals surface area contributed by atoms with E-state index in [0.717, 1.165) is 16.8 Å². The highest BCUT2D eigenvalue weighted by Crippen LogP contribution is 2.27. The second kappa shape index (κ2) is 6.63. The van der Waals surface area contributed by atoms with Crippen molar-refractivity contribution in [2.75, 3.05) is 11.6 Å². The summed E-state index contributed by atoms with van der Waals surface area (Å²) in [6.45, 7) is 3.99. The van der Waals surface area contributed by atoms with Gasteiger partial charge in [0.05, 0.1) is 4.92 Å². The smallest absolute Gasteiger partial charge is 0.271 e. The van der Waals surface area contributed by atoms with E-state index >= 15 is 0 Å². The first-order chi connectivity index (χ1) is 10.0. The molecule has 0 aliphatic rings. The first-order valence-electron chi connectivity index (χ1n) is 6.67. The number of nitro benzene ring substituents is 1. The molecular formula is C16H18N2O2S. The van der Waals surface area contributed by atoms with E-state index in [4.69, 9.17) is 0 Å². The zero-order chi connectivity index (χ0) is 15.4. The van der Waals surface area contributed by atoms with Crippen LogP contribution in [0.5, 0.6) is 0 Å². The Bertz CT molecular complexity index is 641. The number of nitrogens with one attached hydrogen (secondary N) is 1. The van der Waals surface area contributed by atoms with Gasteiger partial charge < -0.3 is 5.32 Å². The van der Waals surface area contributed by atoms with Crippen LogP contribution in [0.1, 0.15) is 24.1 Å². The van der Waals surface area contributed by atoms with Crippen LogP contribution in [-0.4, -0.2) is 11.2 Å². The molecule has 0 aliphatic heterocycles. The molecule has 1 unspecified atom stereocenters. The standard InChI is InChI=1S/C16H18N2O2S/c1-11-4-7-14(18(19)20)10-16(11)17-12(2)13-5-8-15(21-3)9-6-13/h4-10,12,17H,1-3H3. The molecular weight excluding hydrogens is 284 g/mol. The summed E-state index contributed by atoms with van der Waals surface area (Å²) in [7, 11) is 0. The SMILES string of the molecule is CSc1ccc(C(C)Nc2cc([N+](=O)[O-])ccc2C)cc1. The van der Waals surface area contributed by atoms with Gasteiger partial charge in [0.1, 0.15) is 0 Å². The summed E-state index contributed by atoms with van der Waals surface area (Å²) in [4.78, 5) is 11.7. The van der Waals surface area contributed by atoms with Crippen molar-refractivity contribution in [3.8, 4) is 0 Å². The van der Waals surface area contributed by atoms with E-state index in [0.29, 0.717) is 0 Å². The fraction of sp³-hybridized carbons (Fsp3) is 0.250. The molecule has 5 heteroatoms. The Morgan fingerprint density at radius 3 is 2.43 bits per heavy atom. The highest BCUT2D eigenvalue weighted by atomic mass is 32.2. The zero-order valence-electron chi connectivity index (χ0n) is 12.3. The third kappa shape index (κ3) is 3.76. The van der Waals surface area contributed by atoms with Crippen LogP contribution >= 0.6 is 11.8 Å². The third-order valence-corrected chi connectivity index (χ3v) is 4.16. The lowest BCUT2D eigenvalue weighted by atomic mass is 10.1. The van der Waals surface area contributed by atoms with Gasteiger partial charge in [0.2, 0.25) is 0 Å². The Hall–Kier alpha value is -2.01. The highest BCUT2D eigenvalue weighted by molar-refractivity contribution is 7.98. The van der Waals surface area contributed by atoms with E-state index in [1.165, 1.54) is 11.0 Å². The molecule has 2 aromatic carbocycles. The predicted molar refractivity (Wildman–Crippen MR) is 88.1 cm³/mol. The molecule has 2 aromatic rings. The minimum Gasteiger partial charge on any atom is -0.378 e. The van der Waals surface area contributed by atoms with Gasteiger partial charge in [-0.05, 0) is 43.4 Å². The van der Waals surface area contributed by atoms with E-state index < -0.39 is 0 Å². The highest BCUT2D eigenvalue weighted by Gasteiger charge is 2.11. The number of nitrogens with zero attached hydrogens (tertiary/aromatic N) is 1. The van der Waals surface area contributed by atoms with E-state index in [1.807, 2.05) is 20.1 Å². The number of nitro groups is 1. The molecule has 0 saturated carbocycles. The molecule has 0 radical (unpaired) electrons. The summed E-state index contributed by atoms with van der Waals surface area (Å²) in [5.74, 6) is 0. The van der Waals surface area contributed by atoms with Crippen molar-refractivity contribution in [2.45, 2.75) is 24.8 Å². The van der Waals surface area contributed by atoms with Gasteiger partial charge in [-0.1, -0.05) is 18.2 Å². The summed E-state index contributed by atoms with van der Waals surface area (Å²) in [6.07, 6.45) is 2.04. The van der Waals surface area contributed by atoms with Crippen molar-refractivity contribution in [1.82, 2.24) is 0 Å². The summed E-state index contributed by atoms with van der Waals surface area (Å²) in [5.41, 5.74) is 3.05. The van der Waals surface area contributed by atoms with Gasteiger partial charge in [-0.25, -0.2) is 0 Å². The number of benzene rings is 2. The van der Waals surface area contributed by atoms with Gasteiger partial charge in [-0.15, -0.1) is 11.8 Å². The van der Waals surface area contributed by atoms with E-state index in [2.05, 4.69) is 29.6 Å². The molecule has 0 aliphatic carbocycles. The maximum absolute atomic E-state index is 10.9. The fourth-order valence-electron chi connectivity index (χ4n) is 2.09. The van der Waals surface area contributed by atoms with Crippen molar-refractivity contribution in [2.24, 2.45) is 0 Å². The Morgan fingerprint density at radius 2 is 1.86 bits per heavy atom. The van der Waals surface area contributed by atoms with Crippen LogP contribution in [-0.2, 0) is 0 Å². The van der Waals surface area contributed by atoms with E-state index in [9.17, 15) is 10.1 Å². The van der Waals surface area contributed by atoms with Crippen molar-refractivity contribution < 1.29 is 4.92 Å². The zero-order valence-corrected chi connectivity index (χ0v) is 13.1. The van der Waals surface area contributed by atoms with Gasteiger partial charge >= 0.3 is 0 Å². The van der Waals surface area contributed by atoms with E-state index in [1.54, 1.807) is 23.9 Å². The number of non-ortho nitro benzene ring substituents is 1. The Morgan fingerprint density at radius 1 is 1.19 bits per heavy atom. The molecule has 0 aromatic heterocycles. The molecule has 0 bridgehead atoms. The summed E-state index contributed by atoms with van der Waals surface area (Å²) in [6, 6.07) is 13.3. The number of aryl methyl sites for hydroxylation is 1. The van der Waals surface area contributed by atoms with Crippen LogP contribution in [0, 0.1) is 17.0 Å². The maximum Gasteiger partial charge on any atom is 0.271 e. The fourth-order valence-corrected chi connectivity index (χ4v) is 2.50. The molecule has 0 saturated heterocycles. The molecule has 0 amide bonds. The number of thioether (sulfide) groups is 1. The molecule has 4 nitrogen and oxygen atoms in total. The number of hydrogen-bond donors (Lipinski definition) is 1. The maximum atomic E-state index is 10.9. The second-order valence-corrected chi connectivity index (χ2v) is 5.78. The monoisotopic (exact) mass is 302 g/mol. The lowest BCUT2D eigenvalue weighted by molar-refractivity contribution is -0.384. The first-order valence-corrected chi connectivity index (χ1v) is 7.89. The van der Waals surface area contributed by atoms with Gasteiger partial charge in [-0.2, -0.15) is 0 Å². The molecule has 0 spiro atoms. The van der Waals surface area contributed by atoms with Crippen LogP contribution in [0.4, 0.5) is 11.4 Å². The van der Waals surface area contributed by atoms with Gasteiger partial charge in [0.15, 0.2) is 0 Å².